The quantitative estimate of drug-likeness (QED) is 0.364. The Bertz CT molecular complexity index is 1090. The van der Waals surface area contributed by atoms with Crippen molar-refractivity contribution in [2.24, 2.45) is 0 Å². The molecule has 0 aromatic heterocycles. The Morgan fingerprint density at radius 3 is 2.29 bits per heavy atom. The number of rotatable bonds is 5. The zero-order valence-corrected chi connectivity index (χ0v) is 19.0. The van der Waals surface area contributed by atoms with Gasteiger partial charge in [-0.1, -0.05) is 64.5 Å². The third-order valence-electron chi connectivity index (χ3n) is 4.31. The Morgan fingerprint density at radius 1 is 0.935 bits per heavy atom. The van der Waals surface area contributed by atoms with Gasteiger partial charge in [0.2, 0.25) is 0 Å². The lowest BCUT2D eigenvalue weighted by atomic mass is 10.1. The molecule has 0 fully saturated rings. The molecule has 0 aliphatic carbocycles. The largest absolute Gasteiger partial charge is 0.484 e. The van der Waals surface area contributed by atoms with Crippen LogP contribution in [-0.4, -0.2) is 23.5 Å². The minimum absolute atomic E-state index is 0.0257. The first-order chi connectivity index (χ1) is 14.9. The number of aryl methyl sites for hydroxylation is 1. The molecule has 0 heterocycles. The van der Waals surface area contributed by atoms with Gasteiger partial charge in [-0.05, 0) is 60.1 Å². The summed E-state index contributed by atoms with van der Waals surface area (Å²) < 4.78 is 6.30. The number of carbonyl (C=O) groups is 2. The maximum atomic E-state index is 12.2. The Hall–Kier alpha value is -3.23. The second kappa shape index (κ2) is 10.7. The van der Waals surface area contributed by atoms with Gasteiger partial charge in [0.05, 0.1) is 0 Å². The van der Waals surface area contributed by atoms with E-state index in [4.69, 9.17) is 17.0 Å². The number of amides is 2. The van der Waals surface area contributed by atoms with Crippen LogP contribution in [0, 0.1) is 6.92 Å². The molecule has 6 nitrogen and oxygen atoms in total. The highest BCUT2D eigenvalue weighted by Crippen LogP contribution is 2.22. The number of hydrogen-bond acceptors (Lipinski definition) is 4. The molecule has 158 valence electrons. The Balaban J connectivity index is 1.42. The fraction of sp³-hybridized carbons (Fsp3) is 0.0870. The van der Waals surface area contributed by atoms with E-state index < -0.39 is 5.91 Å². The van der Waals surface area contributed by atoms with Crippen LogP contribution in [0.15, 0.2) is 77.3 Å². The van der Waals surface area contributed by atoms with Crippen molar-refractivity contribution in [3.8, 4) is 16.9 Å². The third kappa shape index (κ3) is 6.63. The minimum atomic E-state index is -0.443. The summed E-state index contributed by atoms with van der Waals surface area (Å²) >= 11 is 8.42. The fourth-order valence-electron chi connectivity index (χ4n) is 2.63. The third-order valence-corrected chi connectivity index (χ3v) is 5.37. The summed E-state index contributed by atoms with van der Waals surface area (Å²) in [6, 6.07) is 22.6. The van der Waals surface area contributed by atoms with E-state index in [-0.39, 0.29) is 17.6 Å². The SMILES string of the molecule is Cc1ccc(C(=O)NC(=S)NNC(=O)COc2ccc(-c3ccccc3)cc2)cc1Br. The van der Waals surface area contributed by atoms with Gasteiger partial charge in [0.1, 0.15) is 5.75 Å². The summed E-state index contributed by atoms with van der Waals surface area (Å²) in [6.45, 7) is 1.71. The summed E-state index contributed by atoms with van der Waals surface area (Å²) in [5.74, 6) is -0.264. The molecule has 31 heavy (non-hydrogen) atoms. The zero-order chi connectivity index (χ0) is 22.2. The van der Waals surface area contributed by atoms with Crippen molar-refractivity contribution >= 4 is 45.1 Å². The van der Waals surface area contributed by atoms with Crippen molar-refractivity contribution in [3.05, 3.63) is 88.4 Å². The normalized spacial score (nSPS) is 10.1. The zero-order valence-electron chi connectivity index (χ0n) is 16.6. The molecule has 2 amide bonds. The molecule has 0 atom stereocenters. The van der Waals surface area contributed by atoms with Crippen LogP contribution in [0.3, 0.4) is 0 Å². The van der Waals surface area contributed by atoms with E-state index in [1.54, 1.807) is 24.3 Å². The van der Waals surface area contributed by atoms with E-state index in [1.165, 1.54) is 0 Å². The predicted molar refractivity (Wildman–Crippen MR) is 128 cm³/mol. The van der Waals surface area contributed by atoms with Gasteiger partial charge in [0, 0.05) is 10.0 Å². The average Bonchev–Trinajstić information content (AvgIpc) is 2.79. The van der Waals surface area contributed by atoms with Gasteiger partial charge in [-0.2, -0.15) is 0 Å². The van der Waals surface area contributed by atoms with E-state index in [0.29, 0.717) is 11.3 Å². The van der Waals surface area contributed by atoms with Gasteiger partial charge in [0.15, 0.2) is 11.7 Å². The van der Waals surface area contributed by atoms with Crippen LogP contribution >= 0.6 is 28.1 Å². The number of hydrazine groups is 1. The van der Waals surface area contributed by atoms with E-state index in [9.17, 15) is 9.59 Å². The molecule has 0 radical (unpaired) electrons. The lowest BCUT2D eigenvalue weighted by molar-refractivity contribution is -0.123. The van der Waals surface area contributed by atoms with Crippen LogP contribution in [0.2, 0.25) is 0 Å². The molecule has 0 saturated heterocycles. The van der Waals surface area contributed by atoms with E-state index >= 15 is 0 Å². The molecule has 3 N–H and O–H groups in total. The highest BCUT2D eigenvalue weighted by atomic mass is 79.9. The molecule has 0 saturated carbocycles. The van der Waals surface area contributed by atoms with E-state index in [1.807, 2.05) is 55.5 Å². The Kier molecular flexibility index (Phi) is 7.75. The number of nitrogens with one attached hydrogen (secondary N) is 3. The molecule has 8 heteroatoms. The van der Waals surface area contributed by atoms with Crippen LogP contribution in [0.25, 0.3) is 11.1 Å². The summed E-state index contributed by atoms with van der Waals surface area (Å²) in [5.41, 5.74) is 8.48. The number of thiocarbonyl (C=S) groups is 1. The molecule has 0 bridgehead atoms. The van der Waals surface area contributed by atoms with Gasteiger partial charge < -0.3 is 4.74 Å². The van der Waals surface area contributed by atoms with Gasteiger partial charge in [-0.15, -0.1) is 0 Å². The van der Waals surface area contributed by atoms with Crippen LogP contribution in [0.1, 0.15) is 15.9 Å². The van der Waals surface area contributed by atoms with Crippen molar-refractivity contribution < 1.29 is 14.3 Å². The fourth-order valence-corrected chi connectivity index (χ4v) is 3.15. The molecular weight excluding hydrogens is 478 g/mol. The van der Waals surface area contributed by atoms with Crippen molar-refractivity contribution in [2.45, 2.75) is 6.92 Å². The number of carbonyl (C=O) groups excluding carboxylic acids is 2. The van der Waals surface area contributed by atoms with Crippen molar-refractivity contribution in [2.75, 3.05) is 6.61 Å². The van der Waals surface area contributed by atoms with Gasteiger partial charge >= 0.3 is 0 Å². The Morgan fingerprint density at radius 2 is 1.61 bits per heavy atom. The smallest absolute Gasteiger partial charge is 0.276 e. The number of ether oxygens (including phenoxy) is 1. The molecule has 3 rings (SSSR count). The van der Waals surface area contributed by atoms with E-state index in [0.717, 1.165) is 21.2 Å². The molecule has 3 aromatic carbocycles. The summed E-state index contributed by atoms with van der Waals surface area (Å²) in [6.07, 6.45) is 0. The topological polar surface area (TPSA) is 79.5 Å². The van der Waals surface area contributed by atoms with Gasteiger partial charge in [-0.3, -0.25) is 25.8 Å². The van der Waals surface area contributed by atoms with Crippen LogP contribution in [0.5, 0.6) is 5.75 Å². The summed E-state index contributed by atoms with van der Waals surface area (Å²) in [7, 11) is 0. The lowest BCUT2D eigenvalue weighted by Gasteiger charge is -2.12. The monoisotopic (exact) mass is 497 g/mol. The van der Waals surface area contributed by atoms with Gasteiger partial charge in [0.25, 0.3) is 11.8 Å². The maximum Gasteiger partial charge on any atom is 0.276 e. The molecule has 0 unspecified atom stereocenters. The second-order valence-corrected chi connectivity index (χ2v) is 7.86. The highest BCUT2D eigenvalue weighted by molar-refractivity contribution is 9.10. The Labute approximate surface area is 194 Å². The molecule has 0 spiro atoms. The summed E-state index contributed by atoms with van der Waals surface area (Å²) in [5, 5.41) is 2.47. The van der Waals surface area contributed by atoms with E-state index in [2.05, 4.69) is 32.1 Å². The minimum Gasteiger partial charge on any atom is -0.484 e. The number of benzene rings is 3. The van der Waals surface area contributed by atoms with Crippen molar-refractivity contribution in [1.29, 1.82) is 0 Å². The molecule has 3 aromatic rings. The first-order valence-electron chi connectivity index (χ1n) is 9.37. The summed E-state index contributed by atoms with van der Waals surface area (Å²) in [4.78, 5) is 24.2. The van der Waals surface area contributed by atoms with Crippen molar-refractivity contribution in [3.63, 3.8) is 0 Å². The van der Waals surface area contributed by atoms with Crippen LogP contribution in [-0.2, 0) is 4.79 Å². The average molecular weight is 498 g/mol. The van der Waals surface area contributed by atoms with Crippen molar-refractivity contribution in [1.82, 2.24) is 16.2 Å². The highest BCUT2D eigenvalue weighted by Gasteiger charge is 2.10. The first-order valence-corrected chi connectivity index (χ1v) is 10.6. The standard InChI is InChI=1S/C23H20BrN3O3S/c1-15-7-8-18(13-20(15)24)22(29)25-23(31)27-26-21(28)14-30-19-11-9-17(10-12-19)16-5-3-2-4-6-16/h2-13H,14H2,1H3,(H,26,28)(H2,25,27,29,31). The van der Waals surface area contributed by atoms with Crippen LogP contribution in [0.4, 0.5) is 0 Å². The number of hydrogen-bond donors (Lipinski definition) is 3. The molecular formula is C23H20BrN3O3S. The van der Waals surface area contributed by atoms with Gasteiger partial charge in [-0.25, -0.2) is 0 Å². The first kappa shape index (κ1) is 22.5. The van der Waals surface area contributed by atoms with Crippen LogP contribution < -0.4 is 20.9 Å². The second-order valence-electron chi connectivity index (χ2n) is 6.60. The maximum absolute atomic E-state index is 12.2. The molecule has 0 aliphatic rings. The lowest BCUT2D eigenvalue weighted by Crippen LogP contribution is -2.49. The predicted octanol–water partition coefficient (Wildman–Crippen LogP) is 4.14. The molecule has 0 aliphatic heterocycles. The number of halogens is 1.